The SMILES string of the molecule is Cc1ccc(OC[C@@H](O)C[NH+]2CCN(c3ccccc3F)CC2)c(C(C)(C)C)c1. The molecule has 3 rings (SSSR count). The molecular weight excluding hydrogens is 367 g/mol. The van der Waals surface area contributed by atoms with Gasteiger partial charge in [0.15, 0.2) is 0 Å². The summed E-state index contributed by atoms with van der Waals surface area (Å²) < 4.78 is 20.0. The number of hydrogen-bond acceptors (Lipinski definition) is 3. The molecule has 0 aromatic heterocycles. The van der Waals surface area contributed by atoms with E-state index in [0.29, 0.717) is 12.2 Å². The summed E-state index contributed by atoms with van der Waals surface area (Å²) in [6, 6.07) is 13.1. The number of nitrogens with one attached hydrogen (secondary N) is 1. The van der Waals surface area contributed by atoms with E-state index in [1.165, 1.54) is 16.5 Å². The first-order chi connectivity index (χ1) is 13.7. The van der Waals surface area contributed by atoms with E-state index in [2.05, 4.69) is 38.7 Å². The Hall–Kier alpha value is -2.11. The van der Waals surface area contributed by atoms with Crippen LogP contribution in [0.3, 0.4) is 0 Å². The van der Waals surface area contributed by atoms with Gasteiger partial charge in [0.2, 0.25) is 0 Å². The van der Waals surface area contributed by atoms with Crippen LogP contribution in [0.5, 0.6) is 5.75 Å². The van der Waals surface area contributed by atoms with Crippen LogP contribution in [0.1, 0.15) is 31.9 Å². The number of quaternary nitrogens is 1. The van der Waals surface area contributed by atoms with Crippen LogP contribution in [0.4, 0.5) is 10.1 Å². The molecule has 1 aliphatic heterocycles. The zero-order valence-corrected chi connectivity index (χ0v) is 18.0. The van der Waals surface area contributed by atoms with Gasteiger partial charge in [-0.2, -0.15) is 0 Å². The molecule has 2 aromatic carbocycles. The maximum Gasteiger partial charge on any atom is 0.146 e. The topological polar surface area (TPSA) is 37.1 Å². The number of nitrogens with zero attached hydrogens (tertiary/aromatic N) is 1. The Bertz CT molecular complexity index is 811. The molecule has 4 nitrogen and oxygen atoms in total. The Morgan fingerprint density at radius 1 is 1.14 bits per heavy atom. The molecule has 2 N–H and O–H groups in total. The van der Waals surface area contributed by atoms with E-state index >= 15 is 0 Å². The lowest BCUT2D eigenvalue weighted by Crippen LogP contribution is -3.16. The second-order valence-corrected chi connectivity index (χ2v) is 9.11. The minimum atomic E-state index is -0.529. The molecule has 29 heavy (non-hydrogen) atoms. The van der Waals surface area contributed by atoms with Gasteiger partial charge in [-0.3, -0.25) is 0 Å². The fraction of sp³-hybridized carbons (Fsp3) is 0.500. The van der Waals surface area contributed by atoms with Crippen LogP contribution < -0.4 is 14.5 Å². The number of aliphatic hydroxyl groups is 1. The Balaban J connectivity index is 1.50. The Morgan fingerprint density at radius 2 is 1.83 bits per heavy atom. The van der Waals surface area contributed by atoms with E-state index < -0.39 is 6.10 Å². The second-order valence-electron chi connectivity index (χ2n) is 9.11. The third-order valence-corrected chi connectivity index (χ3v) is 5.56. The highest BCUT2D eigenvalue weighted by Crippen LogP contribution is 2.32. The standard InChI is InChI=1S/C24H33FN2O2/c1-18-9-10-23(20(15-18)24(2,3)4)29-17-19(28)16-26-11-13-27(14-12-26)22-8-6-5-7-21(22)25/h5-10,15,19,28H,11-14,16-17H2,1-4H3/p+1/t19-/m0/s1. The number of hydrogen-bond donors (Lipinski definition) is 2. The predicted octanol–water partition coefficient (Wildman–Crippen LogP) is 2.58. The minimum Gasteiger partial charge on any atom is -0.490 e. The molecule has 0 bridgehead atoms. The van der Waals surface area contributed by atoms with E-state index in [4.69, 9.17) is 4.74 Å². The fourth-order valence-corrected chi connectivity index (χ4v) is 3.91. The summed E-state index contributed by atoms with van der Waals surface area (Å²) in [5.74, 6) is 0.679. The van der Waals surface area contributed by atoms with Crippen molar-refractivity contribution in [3.8, 4) is 5.75 Å². The van der Waals surface area contributed by atoms with Crippen LogP contribution in [0.15, 0.2) is 42.5 Å². The summed E-state index contributed by atoms with van der Waals surface area (Å²) in [4.78, 5) is 3.41. The molecule has 1 saturated heterocycles. The van der Waals surface area contributed by atoms with E-state index in [9.17, 15) is 9.50 Å². The number of para-hydroxylation sites is 1. The van der Waals surface area contributed by atoms with Crippen LogP contribution in [-0.4, -0.2) is 50.5 Å². The van der Waals surface area contributed by atoms with Gasteiger partial charge in [0.25, 0.3) is 0 Å². The zero-order valence-electron chi connectivity index (χ0n) is 18.0. The molecule has 0 amide bonds. The molecule has 1 atom stereocenters. The van der Waals surface area contributed by atoms with Gasteiger partial charge in [0, 0.05) is 0 Å². The average Bonchev–Trinajstić information content (AvgIpc) is 2.67. The maximum atomic E-state index is 14.0. The van der Waals surface area contributed by atoms with Crippen LogP contribution in [0.25, 0.3) is 0 Å². The van der Waals surface area contributed by atoms with Crippen molar-refractivity contribution < 1.29 is 19.1 Å². The van der Waals surface area contributed by atoms with Crippen LogP contribution >= 0.6 is 0 Å². The van der Waals surface area contributed by atoms with Gasteiger partial charge in [-0.05, 0) is 36.1 Å². The first-order valence-corrected chi connectivity index (χ1v) is 10.5. The average molecular weight is 402 g/mol. The molecule has 1 fully saturated rings. The van der Waals surface area contributed by atoms with Gasteiger partial charge < -0.3 is 19.6 Å². The van der Waals surface area contributed by atoms with Crippen molar-refractivity contribution in [2.24, 2.45) is 0 Å². The summed E-state index contributed by atoms with van der Waals surface area (Å²) in [5, 5.41) is 10.5. The molecule has 158 valence electrons. The van der Waals surface area contributed by atoms with Crippen molar-refractivity contribution in [3.63, 3.8) is 0 Å². The van der Waals surface area contributed by atoms with Crippen LogP contribution in [0, 0.1) is 12.7 Å². The molecule has 0 spiro atoms. The zero-order chi connectivity index (χ0) is 21.0. The summed E-state index contributed by atoms with van der Waals surface area (Å²) in [6.45, 7) is 12.9. The highest BCUT2D eigenvalue weighted by atomic mass is 19.1. The van der Waals surface area contributed by atoms with E-state index in [1.807, 2.05) is 24.3 Å². The van der Waals surface area contributed by atoms with Crippen molar-refractivity contribution in [1.82, 2.24) is 0 Å². The highest BCUT2D eigenvalue weighted by molar-refractivity contribution is 5.47. The number of anilines is 1. The molecule has 0 unspecified atom stereocenters. The molecule has 1 aliphatic rings. The van der Waals surface area contributed by atoms with E-state index in [1.54, 1.807) is 6.07 Å². The van der Waals surface area contributed by atoms with Gasteiger partial charge in [-0.25, -0.2) is 4.39 Å². The van der Waals surface area contributed by atoms with Crippen molar-refractivity contribution in [1.29, 1.82) is 0 Å². The van der Waals surface area contributed by atoms with Gasteiger partial charge in [-0.1, -0.05) is 50.6 Å². The number of halogens is 1. The number of ether oxygens (including phenoxy) is 1. The summed E-state index contributed by atoms with van der Waals surface area (Å²) in [5.41, 5.74) is 3.03. The van der Waals surface area contributed by atoms with Crippen molar-refractivity contribution in [2.75, 3.05) is 44.2 Å². The fourth-order valence-electron chi connectivity index (χ4n) is 3.91. The number of rotatable bonds is 6. The predicted molar refractivity (Wildman–Crippen MR) is 116 cm³/mol. The van der Waals surface area contributed by atoms with E-state index in [-0.39, 0.29) is 17.8 Å². The van der Waals surface area contributed by atoms with Gasteiger partial charge >= 0.3 is 0 Å². The number of aryl methyl sites for hydroxylation is 1. The highest BCUT2D eigenvalue weighted by Gasteiger charge is 2.25. The Morgan fingerprint density at radius 3 is 2.48 bits per heavy atom. The van der Waals surface area contributed by atoms with Crippen LogP contribution in [0.2, 0.25) is 0 Å². The lowest BCUT2D eigenvalue weighted by Gasteiger charge is -2.34. The summed E-state index contributed by atoms with van der Waals surface area (Å²) in [7, 11) is 0. The van der Waals surface area contributed by atoms with Gasteiger partial charge in [0.1, 0.15) is 30.8 Å². The monoisotopic (exact) mass is 401 g/mol. The normalized spacial score (nSPS) is 16.7. The largest absolute Gasteiger partial charge is 0.490 e. The second kappa shape index (κ2) is 9.14. The Kier molecular flexibility index (Phi) is 6.81. The first-order valence-electron chi connectivity index (χ1n) is 10.5. The molecule has 0 aliphatic carbocycles. The van der Waals surface area contributed by atoms with Gasteiger partial charge in [-0.15, -0.1) is 0 Å². The molecule has 0 saturated carbocycles. The lowest BCUT2D eigenvalue weighted by molar-refractivity contribution is -0.903. The number of aliphatic hydroxyl groups excluding tert-OH is 1. The first kappa shape index (κ1) is 21.6. The molecule has 0 radical (unpaired) electrons. The summed E-state index contributed by atoms with van der Waals surface area (Å²) in [6.07, 6.45) is -0.529. The molecule has 1 heterocycles. The smallest absolute Gasteiger partial charge is 0.146 e. The third-order valence-electron chi connectivity index (χ3n) is 5.56. The van der Waals surface area contributed by atoms with Gasteiger partial charge in [0.05, 0.1) is 31.9 Å². The quantitative estimate of drug-likeness (QED) is 0.781. The minimum absolute atomic E-state index is 0.0133. The van der Waals surface area contributed by atoms with E-state index in [0.717, 1.165) is 37.5 Å². The lowest BCUT2D eigenvalue weighted by atomic mass is 9.85. The van der Waals surface area contributed by atoms with Crippen molar-refractivity contribution in [3.05, 3.63) is 59.4 Å². The van der Waals surface area contributed by atoms with Crippen molar-refractivity contribution in [2.45, 2.75) is 39.2 Å². The third kappa shape index (κ3) is 5.71. The Labute approximate surface area is 173 Å². The number of benzene rings is 2. The number of piperazine rings is 1. The molecule has 5 heteroatoms. The molecule has 2 aromatic rings. The maximum absolute atomic E-state index is 14.0. The van der Waals surface area contributed by atoms with Crippen molar-refractivity contribution >= 4 is 5.69 Å². The van der Waals surface area contributed by atoms with Crippen LogP contribution in [-0.2, 0) is 5.41 Å². The summed E-state index contributed by atoms with van der Waals surface area (Å²) >= 11 is 0. The molecular formula is C24H34FN2O2+.